The number of carbonyl (C=O) groups excluding carboxylic acids is 4. The Morgan fingerprint density at radius 2 is 0.677 bits per heavy atom. The number of fused-ring (bicyclic) bond motifs is 2. The van der Waals surface area contributed by atoms with Crippen LogP contribution < -0.4 is 0 Å². The molecule has 2 aliphatic heterocycles. The molecule has 5 aliphatic carbocycles. The van der Waals surface area contributed by atoms with Crippen molar-refractivity contribution in [3.8, 4) is 0 Å². The maximum absolute atomic E-state index is 15.8. The van der Waals surface area contributed by atoms with E-state index in [1.165, 1.54) is 0 Å². The summed E-state index contributed by atoms with van der Waals surface area (Å²) in [6, 6.07) is -2.24. The first kappa shape index (κ1) is 49.3. The average molecular weight is 1050 g/mol. The third-order valence-electron chi connectivity index (χ3n) is 13.1. The molecule has 0 N–H and O–H groups in total. The molecule has 27 heteroatoms. The van der Waals surface area contributed by atoms with Gasteiger partial charge in [0.2, 0.25) is 23.6 Å². The first-order valence-electron chi connectivity index (χ1n) is 19.1. The first-order chi connectivity index (χ1) is 28.9. The van der Waals surface area contributed by atoms with Crippen molar-refractivity contribution in [3.63, 3.8) is 0 Å². The van der Waals surface area contributed by atoms with Crippen molar-refractivity contribution in [2.24, 2.45) is 23.7 Å². The molecule has 7 aliphatic rings. The summed E-state index contributed by atoms with van der Waals surface area (Å²) in [5, 5.41) is -12.0. The zero-order chi connectivity index (χ0) is 46.0. The van der Waals surface area contributed by atoms with E-state index in [9.17, 15) is 23.6 Å². The molecule has 2 heterocycles. The lowest BCUT2D eigenvalue weighted by Crippen LogP contribution is -2.66. The normalized spacial score (nSPS) is 56.0. The largest absolute Gasteiger partial charge is 0.366 e. The zero-order valence-electron chi connectivity index (χ0n) is 31.0. The molecule has 0 radical (unpaired) electrons. The van der Waals surface area contributed by atoms with Gasteiger partial charge in [0.05, 0.1) is 73.5 Å². The predicted molar refractivity (Wildman–Crippen MR) is 199 cm³/mol. The van der Waals surface area contributed by atoms with E-state index in [0.717, 1.165) is 7.05 Å². The lowest BCUT2D eigenvalue weighted by atomic mass is 9.77. The van der Waals surface area contributed by atoms with Crippen LogP contribution in [0.5, 0.6) is 0 Å². The molecule has 7 rings (SSSR count). The van der Waals surface area contributed by atoms with Crippen LogP contribution in [-0.4, -0.2) is 189 Å². The minimum atomic E-state index is -3.39. The van der Waals surface area contributed by atoms with Crippen LogP contribution in [0.25, 0.3) is 0 Å². The van der Waals surface area contributed by atoms with E-state index in [1.54, 1.807) is 0 Å². The van der Waals surface area contributed by atoms with Crippen LogP contribution in [0.1, 0.15) is 6.42 Å². The number of alkyl halides is 18. The van der Waals surface area contributed by atoms with Crippen LogP contribution in [0, 0.1) is 23.7 Å². The Bertz CT molecular complexity index is 1740. The predicted octanol–water partition coefficient (Wildman–Crippen LogP) is 5.88. The maximum atomic E-state index is 15.8. The van der Waals surface area contributed by atoms with Gasteiger partial charge in [0.25, 0.3) is 0 Å². The van der Waals surface area contributed by atoms with Crippen molar-refractivity contribution >= 4 is 105 Å². The van der Waals surface area contributed by atoms with Crippen molar-refractivity contribution in [1.29, 1.82) is 0 Å². The van der Waals surface area contributed by atoms with E-state index < -0.39 is 202 Å². The molecule has 0 aromatic rings. The Morgan fingerprint density at radius 1 is 0.387 bits per heavy atom. The third kappa shape index (κ3) is 7.59. The standard InChI is InChI=1S/C35H34Cl7F11N2O7/c1-54-32(56)5-7(33(54)57)12(39)26(14(41)10(5)37)60-28-17(46)21(50)30(22(51)18(28)47)62-31-23(52)19(48)29(20(49)24(31)53)61-27-13(40)8-6(11(38)15(27)42)34(58)55(35(8)59)25-4(44)2-3(43)9(36)16(25)45/h3-31H,2H2,1H3. The number of amides is 4. The molecule has 0 aromatic heterocycles. The lowest BCUT2D eigenvalue weighted by Gasteiger charge is -2.47. The highest BCUT2D eigenvalue weighted by Gasteiger charge is 2.68. The van der Waals surface area contributed by atoms with Gasteiger partial charge in [0, 0.05) is 13.5 Å². The fraction of sp³-hybridized carbons (Fsp3) is 0.886. The van der Waals surface area contributed by atoms with Crippen molar-refractivity contribution in [1.82, 2.24) is 9.80 Å². The summed E-state index contributed by atoms with van der Waals surface area (Å²) >= 11 is 43.9. The van der Waals surface area contributed by atoms with Gasteiger partial charge in [-0.05, 0) is 0 Å². The number of halogens is 18. The summed E-state index contributed by atoms with van der Waals surface area (Å²) in [6.07, 6.45) is -50.3. The highest BCUT2D eigenvalue weighted by Crippen LogP contribution is 2.51. The van der Waals surface area contributed by atoms with Crippen LogP contribution in [0.15, 0.2) is 0 Å². The number of hydrogen-bond acceptors (Lipinski definition) is 7. The average Bonchev–Trinajstić information content (AvgIpc) is 3.62. The molecule has 5 saturated carbocycles. The number of imide groups is 2. The van der Waals surface area contributed by atoms with Gasteiger partial charge in [-0.2, -0.15) is 0 Å². The lowest BCUT2D eigenvalue weighted by molar-refractivity contribution is -0.245. The SMILES string of the molecule is CN1C(=O)C2C(Cl)C(Cl)C(OC3C(F)C(F)C(OC4C(F)C(F)C(OC5C(Cl)C(Cl)C6C(=O)N(C7C(F)CC(F)C(Cl)C7F)C(=O)C6C5Cl)C(F)C4F)C(F)C3F)C(Cl)C2C1=O. The third-order valence-corrected chi connectivity index (χ3v) is 17.0. The van der Waals surface area contributed by atoms with Gasteiger partial charge >= 0.3 is 0 Å². The minimum absolute atomic E-state index is 0.138. The number of ether oxygens (including phenoxy) is 3. The van der Waals surface area contributed by atoms with Crippen LogP contribution in [-0.2, 0) is 33.4 Å². The summed E-state index contributed by atoms with van der Waals surface area (Å²) in [7, 11) is 1.11. The summed E-state index contributed by atoms with van der Waals surface area (Å²) < 4.78 is 185. The van der Waals surface area contributed by atoms with Gasteiger partial charge in [0.15, 0.2) is 49.4 Å². The Kier molecular flexibility index (Phi) is 14.4. The molecule has 25 unspecified atom stereocenters. The quantitative estimate of drug-likeness (QED) is 0.179. The molecule has 62 heavy (non-hydrogen) atoms. The van der Waals surface area contributed by atoms with E-state index >= 15 is 43.9 Å². The second kappa shape index (κ2) is 18.1. The number of rotatable bonds is 7. The summed E-state index contributed by atoms with van der Waals surface area (Å²) in [5.74, 6) is -10.6. The highest BCUT2D eigenvalue weighted by atomic mass is 35.5. The van der Waals surface area contributed by atoms with Crippen molar-refractivity contribution < 1.29 is 81.7 Å². The summed E-state index contributed by atoms with van der Waals surface area (Å²) in [4.78, 5) is 53.1. The fourth-order valence-corrected chi connectivity index (χ4v) is 12.6. The number of hydrogen-bond donors (Lipinski definition) is 0. The highest BCUT2D eigenvalue weighted by molar-refractivity contribution is 6.35. The molecule has 352 valence electrons. The van der Waals surface area contributed by atoms with Crippen molar-refractivity contribution in [2.75, 3.05) is 7.05 Å². The van der Waals surface area contributed by atoms with E-state index in [2.05, 4.69) is 0 Å². The minimum Gasteiger partial charge on any atom is -0.366 e. The molecule has 7 fully saturated rings. The Morgan fingerprint density at radius 3 is 1.03 bits per heavy atom. The van der Waals surface area contributed by atoms with E-state index in [1.807, 2.05) is 0 Å². The van der Waals surface area contributed by atoms with Gasteiger partial charge < -0.3 is 14.2 Å². The van der Waals surface area contributed by atoms with Gasteiger partial charge in [0.1, 0.15) is 49.0 Å². The summed E-state index contributed by atoms with van der Waals surface area (Å²) in [5.41, 5.74) is 0. The Hall–Kier alpha value is -0.580. The first-order valence-corrected chi connectivity index (χ1v) is 22.1. The van der Waals surface area contributed by atoms with Gasteiger partial charge in [-0.1, -0.05) is 0 Å². The second-order valence-electron chi connectivity index (χ2n) is 16.5. The molecule has 0 aromatic carbocycles. The fourth-order valence-electron chi connectivity index (χ4n) is 9.72. The van der Waals surface area contributed by atoms with Gasteiger partial charge in [-0.15, -0.1) is 81.2 Å². The molecule has 0 bridgehead atoms. The number of likely N-dealkylation sites (tertiary alicyclic amines) is 2. The second-order valence-corrected chi connectivity index (χ2v) is 20.0. The van der Waals surface area contributed by atoms with E-state index in [0.29, 0.717) is 4.90 Å². The molecule has 4 amide bonds. The zero-order valence-corrected chi connectivity index (χ0v) is 36.3. The maximum Gasteiger partial charge on any atom is 0.235 e. The Balaban J connectivity index is 1.03. The summed E-state index contributed by atoms with van der Waals surface area (Å²) in [6.45, 7) is 0. The molecule has 25 atom stereocenters. The smallest absolute Gasteiger partial charge is 0.235 e. The van der Waals surface area contributed by atoms with Gasteiger partial charge in [-0.25, -0.2) is 48.3 Å². The molecule has 0 spiro atoms. The van der Waals surface area contributed by atoms with E-state index in [-0.39, 0.29) is 4.90 Å². The Labute approximate surface area is 380 Å². The molecule has 2 saturated heterocycles. The van der Waals surface area contributed by atoms with Crippen LogP contribution in [0.3, 0.4) is 0 Å². The molecular weight excluding hydrogens is 1020 g/mol. The van der Waals surface area contributed by atoms with Crippen LogP contribution in [0.2, 0.25) is 0 Å². The molecular formula is C35H34Cl7F11N2O7. The van der Waals surface area contributed by atoms with Gasteiger partial charge in [-0.3, -0.25) is 29.0 Å². The topological polar surface area (TPSA) is 102 Å². The van der Waals surface area contributed by atoms with Crippen LogP contribution in [0.4, 0.5) is 48.3 Å². The van der Waals surface area contributed by atoms with Crippen molar-refractivity contribution in [3.05, 3.63) is 0 Å². The van der Waals surface area contributed by atoms with Crippen LogP contribution >= 0.6 is 81.2 Å². The van der Waals surface area contributed by atoms with E-state index in [4.69, 9.17) is 95.4 Å². The number of carbonyl (C=O) groups is 4. The van der Waals surface area contributed by atoms with Crippen molar-refractivity contribution in [2.45, 2.75) is 155 Å². The monoisotopic (exact) mass is 1050 g/mol. The number of nitrogens with zero attached hydrogens (tertiary/aromatic N) is 2. The molecule has 9 nitrogen and oxygen atoms in total.